The van der Waals surface area contributed by atoms with Crippen molar-refractivity contribution in [1.29, 1.82) is 0 Å². The molecule has 0 spiro atoms. The smallest absolute Gasteiger partial charge is 0.225 e. The lowest BCUT2D eigenvalue weighted by Crippen LogP contribution is -2.37. The average molecular weight is 329 g/mol. The van der Waals surface area contributed by atoms with Crippen molar-refractivity contribution in [2.75, 3.05) is 31.1 Å². The van der Waals surface area contributed by atoms with Crippen LogP contribution in [0.3, 0.4) is 0 Å². The number of amides is 1. The molecule has 1 aromatic heterocycles. The highest BCUT2D eigenvalue weighted by atomic mass is 32.1. The summed E-state index contributed by atoms with van der Waals surface area (Å²) < 4.78 is 0. The van der Waals surface area contributed by atoms with E-state index in [1.165, 1.54) is 10.4 Å². The normalized spacial score (nSPS) is 15.8. The summed E-state index contributed by atoms with van der Waals surface area (Å²) in [5.41, 5.74) is 1.21. The molecule has 23 heavy (non-hydrogen) atoms. The molecule has 1 fully saturated rings. The van der Waals surface area contributed by atoms with E-state index in [0.29, 0.717) is 0 Å². The number of hydrogen-bond donors (Lipinski definition) is 0. The molecule has 4 nitrogen and oxygen atoms in total. The summed E-state index contributed by atoms with van der Waals surface area (Å²) in [6.45, 7) is 7.40. The van der Waals surface area contributed by atoms with Gasteiger partial charge in [0.1, 0.15) is 0 Å². The predicted molar refractivity (Wildman–Crippen MR) is 95.8 cm³/mol. The van der Waals surface area contributed by atoms with Crippen molar-refractivity contribution in [2.24, 2.45) is 5.92 Å². The molecule has 1 aliphatic rings. The number of carbonyl (C=O) groups is 1. The molecular weight excluding hydrogens is 306 g/mol. The quantitative estimate of drug-likeness (QED) is 0.865. The zero-order valence-corrected chi connectivity index (χ0v) is 14.6. The molecule has 3 rings (SSSR count). The Labute approximate surface area is 141 Å². The molecule has 0 N–H and O–H groups in total. The van der Waals surface area contributed by atoms with Crippen LogP contribution in [-0.2, 0) is 4.79 Å². The van der Waals surface area contributed by atoms with Gasteiger partial charge in [-0.05, 0) is 12.0 Å². The fourth-order valence-corrected chi connectivity index (χ4v) is 3.81. The summed E-state index contributed by atoms with van der Waals surface area (Å²) in [6.07, 6.45) is 2.95. The maximum absolute atomic E-state index is 12.2. The Morgan fingerprint density at radius 2 is 1.91 bits per heavy atom. The highest BCUT2D eigenvalue weighted by Gasteiger charge is 2.22. The summed E-state index contributed by atoms with van der Waals surface area (Å²) in [5.74, 6) is 0.335. The van der Waals surface area contributed by atoms with Gasteiger partial charge in [0.2, 0.25) is 5.91 Å². The third-order valence-electron chi connectivity index (χ3n) is 4.12. The first-order valence-electron chi connectivity index (χ1n) is 8.20. The predicted octanol–water partition coefficient (Wildman–Crippen LogP) is 3.50. The van der Waals surface area contributed by atoms with Gasteiger partial charge in [0.05, 0.1) is 4.88 Å². The van der Waals surface area contributed by atoms with Crippen molar-refractivity contribution >= 4 is 22.4 Å². The van der Waals surface area contributed by atoms with Crippen LogP contribution in [0.2, 0.25) is 0 Å². The molecule has 2 heterocycles. The van der Waals surface area contributed by atoms with Crippen molar-refractivity contribution in [3.63, 3.8) is 0 Å². The van der Waals surface area contributed by atoms with Crippen LogP contribution < -0.4 is 4.90 Å². The lowest BCUT2D eigenvalue weighted by Gasteiger charge is -2.23. The van der Waals surface area contributed by atoms with E-state index in [2.05, 4.69) is 34.1 Å². The van der Waals surface area contributed by atoms with Gasteiger partial charge in [0.15, 0.2) is 5.13 Å². The topological polar surface area (TPSA) is 36.4 Å². The van der Waals surface area contributed by atoms with E-state index >= 15 is 0 Å². The van der Waals surface area contributed by atoms with Gasteiger partial charge in [-0.15, -0.1) is 0 Å². The highest BCUT2D eigenvalue weighted by molar-refractivity contribution is 7.18. The van der Waals surface area contributed by atoms with Gasteiger partial charge in [0, 0.05) is 38.3 Å². The summed E-state index contributed by atoms with van der Waals surface area (Å²) in [5, 5.41) is 1.06. The number of rotatable bonds is 3. The standard InChI is InChI=1S/C18H23N3OS/c1-14(2)17(22)20-9-6-10-21(12-11-20)18-19-13-16(23-18)15-7-4-3-5-8-15/h3-5,7-8,13-14H,6,9-12H2,1-2H3. The summed E-state index contributed by atoms with van der Waals surface area (Å²) in [7, 11) is 0. The molecule has 0 unspecified atom stereocenters. The van der Waals surface area contributed by atoms with Gasteiger partial charge in [-0.1, -0.05) is 55.5 Å². The second-order valence-corrected chi connectivity index (χ2v) is 7.20. The second-order valence-electron chi connectivity index (χ2n) is 6.19. The van der Waals surface area contributed by atoms with Crippen LogP contribution >= 0.6 is 11.3 Å². The van der Waals surface area contributed by atoms with Crippen LogP contribution in [0.15, 0.2) is 36.5 Å². The number of anilines is 1. The average Bonchev–Trinajstić information content (AvgIpc) is 2.93. The maximum Gasteiger partial charge on any atom is 0.225 e. The van der Waals surface area contributed by atoms with E-state index in [0.717, 1.165) is 37.7 Å². The fourth-order valence-electron chi connectivity index (χ4n) is 2.84. The summed E-state index contributed by atoms with van der Waals surface area (Å²) in [4.78, 5) is 22.3. The summed E-state index contributed by atoms with van der Waals surface area (Å²) >= 11 is 1.73. The van der Waals surface area contributed by atoms with E-state index in [1.54, 1.807) is 11.3 Å². The van der Waals surface area contributed by atoms with Crippen LogP contribution in [0.5, 0.6) is 0 Å². The molecule has 0 saturated carbocycles. The Kier molecular flexibility index (Phi) is 4.96. The molecule has 1 aromatic carbocycles. The van der Waals surface area contributed by atoms with Crippen molar-refractivity contribution in [2.45, 2.75) is 20.3 Å². The van der Waals surface area contributed by atoms with E-state index in [9.17, 15) is 4.79 Å². The SMILES string of the molecule is CC(C)C(=O)N1CCCN(c2ncc(-c3ccccc3)s2)CC1. The van der Waals surface area contributed by atoms with Crippen molar-refractivity contribution in [1.82, 2.24) is 9.88 Å². The fraction of sp³-hybridized carbons (Fsp3) is 0.444. The molecule has 0 radical (unpaired) electrons. The van der Waals surface area contributed by atoms with Crippen LogP contribution in [0.25, 0.3) is 10.4 Å². The Morgan fingerprint density at radius 1 is 1.13 bits per heavy atom. The van der Waals surface area contributed by atoms with E-state index in [-0.39, 0.29) is 11.8 Å². The van der Waals surface area contributed by atoms with Gasteiger partial charge in [-0.25, -0.2) is 4.98 Å². The molecule has 0 aliphatic carbocycles. The molecular formula is C18H23N3OS. The molecule has 122 valence electrons. The lowest BCUT2D eigenvalue weighted by molar-refractivity contribution is -0.134. The number of thiazole rings is 1. The van der Waals surface area contributed by atoms with Crippen LogP contribution in [0.4, 0.5) is 5.13 Å². The lowest BCUT2D eigenvalue weighted by atomic mass is 10.2. The van der Waals surface area contributed by atoms with Crippen LogP contribution in [0, 0.1) is 5.92 Å². The van der Waals surface area contributed by atoms with Gasteiger partial charge < -0.3 is 9.80 Å². The number of nitrogens with zero attached hydrogens (tertiary/aromatic N) is 3. The highest BCUT2D eigenvalue weighted by Crippen LogP contribution is 2.31. The Hall–Kier alpha value is -1.88. The number of benzene rings is 1. The number of hydrogen-bond acceptors (Lipinski definition) is 4. The first kappa shape index (κ1) is 16.0. The minimum atomic E-state index is 0.0751. The number of aromatic nitrogens is 1. The van der Waals surface area contributed by atoms with Crippen LogP contribution in [-0.4, -0.2) is 42.0 Å². The van der Waals surface area contributed by atoms with Gasteiger partial charge in [0.25, 0.3) is 0 Å². The third kappa shape index (κ3) is 3.72. The minimum Gasteiger partial charge on any atom is -0.346 e. The van der Waals surface area contributed by atoms with E-state index in [4.69, 9.17) is 0 Å². The van der Waals surface area contributed by atoms with Crippen molar-refractivity contribution < 1.29 is 4.79 Å². The molecule has 2 aromatic rings. The zero-order chi connectivity index (χ0) is 16.2. The second kappa shape index (κ2) is 7.13. The number of carbonyl (C=O) groups excluding carboxylic acids is 1. The van der Waals surface area contributed by atoms with Gasteiger partial charge in [-0.3, -0.25) is 4.79 Å². The van der Waals surface area contributed by atoms with Crippen molar-refractivity contribution in [3.05, 3.63) is 36.5 Å². The minimum absolute atomic E-state index is 0.0751. The van der Waals surface area contributed by atoms with Crippen LogP contribution in [0.1, 0.15) is 20.3 Å². The largest absolute Gasteiger partial charge is 0.346 e. The maximum atomic E-state index is 12.2. The Bertz CT molecular complexity index is 653. The monoisotopic (exact) mass is 329 g/mol. The molecule has 5 heteroatoms. The van der Waals surface area contributed by atoms with E-state index < -0.39 is 0 Å². The summed E-state index contributed by atoms with van der Waals surface area (Å²) in [6, 6.07) is 10.4. The van der Waals surface area contributed by atoms with Gasteiger partial charge >= 0.3 is 0 Å². The molecule has 1 amide bonds. The molecule has 1 saturated heterocycles. The Morgan fingerprint density at radius 3 is 2.65 bits per heavy atom. The zero-order valence-electron chi connectivity index (χ0n) is 13.7. The molecule has 0 bridgehead atoms. The third-order valence-corrected chi connectivity index (χ3v) is 5.23. The molecule has 1 aliphatic heterocycles. The first-order valence-corrected chi connectivity index (χ1v) is 9.02. The molecule has 0 atom stereocenters. The first-order chi connectivity index (χ1) is 11.1. The Balaban J connectivity index is 1.69. The van der Waals surface area contributed by atoms with Crippen molar-refractivity contribution in [3.8, 4) is 10.4 Å². The van der Waals surface area contributed by atoms with Gasteiger partial charge in [-0.2, -0.15) is 0 Å². The van der Waals surface area contributed by atoms with E-state index in [1.807, 2.05) is 31.0 Å².